The molecule has 1 atom stereocenters. The van der Waals surface area contributed by atoms with Gasteiger partial charge in [-0.25, -0.2) is 9.97 Å². The van der Waals surface area contributed by atoms with Crippen molar-refractivity contribution in [3.05, 3.63) is 38.9 Å². The highest BCUT2D eigenvalue weighted by Gasteiger charge is 2.33. The minimum absolute atomic E-state index is 0.0995. The van der Waals surface area contributed by atoms with Gasteiger partial charge in [0.2, 0.25) is 0 Å². The molecule has 0 aromatic carbocycles. The molecule has 0 fully saturated rings. The van der Waals surface area contributed by atoms with Crippen molar-refractivity contribution < 1.29 is 13.2 Å². The van der Waals surface area contributed by atoms with Crippen LogP contribution in [0, 0.1) is 0 Å². The van der Waals surface area contributed by atoms with Crippen LogP contribution in [0.1, 0.15) is 28.4 Å². The van der Waals surface area contributed by atoms with Crippen LogP contribution in [0.4, 0.5) is 19.0 Å². The highest BCUT2D eigenvalue weighted by Crippen LogP contribution is 2.35. The summed E-state index contributed by atoms with van der Waals surface area (Å²) in [5.74, 6) is 0.0995. The van der Waals surface area contributed by atoms with E-state index in [2.05, 4.69) is 15.3 Å². The van der Waals surface area contributed by atoms with Crippen molar-refractivity contribution >= 4 is 28.8 Å². The third kappa shape index (κ3) is 4.05. The monoisotopic (exact) mass is 336 g/mol. The summed E-state index contributed by atoms with van der Waals surface area (Å²) in [5.41, 5.74) is 4.78. The Morgan fingerprint density at radius 3 is 2.67 bits per heavy atom. The fourth-order valence-electron chi connectivity index (χ4n) is 1.55. The van der Waals surface area contributed by atoms with E-state index in [1.54, 1.807) is 6.20 Å². The molecule has 0 aliphatic rings. The van der Waals surface area contributed by atoms with Crippen LogP contribution >= 0.6 is 22.9 Å². The molecule has 0 aliphatic heterocycles. The van der Waals surface area contributed by atoms with Gasteiger partial charge in [-0.1, -0.05) is 11.6 Å². The second-order valence-electron chi connectivity index (χ2n) is 4.35. The molecule has 9 heteroatoms. The van der Waals surface area contributed by atoms with Crippen LogP contribution in [0.3, 0.4) is 0 Å². The molecule has 0 bridgehead atoms. The quantitative estimate of drug-likeness (QED) is 0.890. The summed E-state index contributed by atoms with van der Waals surface area (Å²) in [7, 11) is 0. The lowest BCUT2D eigenvalue weighted by molar-refractivity contribution is -0.137. The first-order valence-electron chi connectivity index (χ1n) is 5.94. The van der Waals surface area contributed by atoms with E-state index in [0.717, 1.165) is 22.1 Å². The summed E-state index contributed by atoms with van der Waals surface area (Å²) in [6, 6.07) is 0.713. The second-order valence-corrected chi connectivity index (χ2v) is 5.91. The molecule has 114 valence electrons. The zero-order valence-electron chi connectivity index (χ0n) is 10.9. The SMILES string of the molecule is C[C@@H](N)c1ncc(CNc2cc(C(F)(F)F)c(Cl)cn2)s1. The van der Waals surface area contributed by atoms with E-state index in [4.69, 9.17) is 17.3 Å². The molecule has 2 aromatic rings. The van der Waals surface area contributed by atoms with Gasteiger partial charge >= 0.3 is 6.18 Å². The highest BCUT2D eigenvalue weighted by atomic mass is 35.5. The van der Waals surface area contributed by atoms with Gasteiger partial charge in [-0.15, -0.1) is 11.3 Å². The Balaban J connectivity index is 2.09. The van der Waals surface area contributed by atoms with Gasteiger partial charge in [-0.2, -0.15) is 13.2 Å². The van der Waals surface area contributed by atoms with E-state index in [1.165, 1.54) is 11.3 Å². The van der Waals surface area contributed by atoms with Gasteiger partial charge in [-0.3, -0.25) is 0 Å². The Morgan fingerprint density at radius 1 is 1.38 bits per heavy atom. The molecule has 0 amide bonds. The van der Waals surface area contributed by atoms with Crippen molar-refractivity contribution in [1.82, 2.24) is 9.97 Å². The van der Waals surface area contributed by atoms with E-state index in [0.29, 0.717) is 6.54 Å². The first-order valence-corrected chi connectivity index (χ1v) is 7.13. The van der Waals surface area contributed by atoms with Gasteiger partial charge in [0.05, 0.1) is 23.2 Å². The number of hydrogen-bond donors (Lipinski definition) is 2. The van der Waals surface area contributed by atoms with Crippen molar-refractivity contribution in [2.45, 2.75) is 25.7 Å². The molecule has 2 heterocycles. The number of alkyl halides is 3. The van der Waals surface area contributed by atoms with Crippen molar-refractivity contribution in [2.24, 2.45) is 5.73 Å². The molecule has 3 N–H and O–H groups in total. The normalized spacial score (nSPS) is 13.2. The zero-order valence-corrected chi connectivity index (χ0v) is 12.5. The molecule has 4 nitrogen and oxygen atoms in total. The van der Waals surface area contributed by atoms with E-state index >= 15 is 0 Å². The van der Waals surface area contributed by atoms with Crippen LogP contribution in [0.25, 0.3) is 0 Å². The van der Waals surface area contributed by atoms with Crippen molar-refractivity contribution in [1.29, 1.82) is 0 Å². The van der Waals surface area contributed by atoms with Gasteiger partial charge in [0.25, 0.3) is 0 Å². The topological polar surface area (TPSA) is 63.8 Å². The molecule has 0 radical (unpaired) electrons. The van der Waals surface area contributed by atoms with Crippen molar-refractivity contribution in [2.75, 3.05) is 5.32 Å². The maximum absolute atomic E-state index is 12.7. The van der Waals surface area contributed by atoms with Gasteiger partial charge in [0, 0.05) is 17.3 Å². The number of nitrogens with one attached hydrogen (secondary N) is 1. The second kappa shape index (κ2) is 6.17. The molecule has 0 spiro atoms. The molecule has 0 unspecified atom stereocenters. The number of rotatable bonds is 4. The molecule has 2 aromatic heterocycles. The van der Waals surface area contributed by atoms with E-state index < -0.39 is 16.8 Å². The molecule has 0 saturated carbocycles. The minimum Gasteiger partial charge on any atom is -0.365 e. The predicted molar refractivity (Wildman–Crippen MR) is 76.3 cm³/mol. The number of aromatic nitrogens is 2. The fraction of sp³-hybridized carbons (Fsp3) is 0.333. The van der Waals surface area contributed by atoms with E-state index in [1.807, 2.05) is 6.92 Å². The summed E-state index contributed by atoms with van der Waals surface area (Å²) < 4.78 is 38.2. The molecule has 21 heavy (non-hydrogen) atoms. The van der Waals surface area contributed by atoms with Crippen LogP contribution in [0.15, 0.2) is 18.5 Å². The standard InChI is InChI=1S/C12H12ClF3N4S/c1-6(17)11-20-4-7(21-11)3-18-10-2-8(12(14,15)16)9(13)5-19-10/h2,4-6H,3,17H2,1H3,(H,18,19)/t6-/m1/s1. The molecule has 2 rings (SSSR count). The lowest BCUT2D eigenvalue weighted by atomic mass is 10.2. The highest BCUT2D eigenvalue weighted by molar-refractivity contribution is 7.11. The van der Waals surface area contributed by atoms with Gasteiger partial charge in [0.1, 0.15) is 10.8 Å². The molecule has 0 aliphatic carbocycles. The van der Waals surface area contributed by atoms with E-state index in [-0.39, 0.29) is 11.9 Å². The van der Waals surface area contributed by atoms with Gasteiger partial charge < -0.3 is 11.1 Å². The summed E-state index contributed by atoms with van der Waals surface area (Å²) >= 11 is 6.90. The molecule has 0 saturated heterocycles. The fourth-order valence-corrected chi connectivity index (χ4v) is 2.57. The zero-order chi connectivity index (χ0) is 15.6. The van der Waals surface area contributed by atoms with Crippen LogP contribution < -0.4 is 11.1 Å². The van der Waals surface area contributed by atoms with Crippen molar-refractivity contribution in [3.63, 3.8) is 0 Å². The number of anilines is 1. The number of nitrogens with two attached hydrogens (primary N) is 1. The van der Waals surface area contributed by atoms with Crippen LogP contribution in [0.2, 0.25) is 5.02 Å². The first kappa shape index (κ1) is 16.0. The first-order chi connectivity index (χ1) is 9.77. The average molecular weight is 337 g/mol. The van der Waals surface area contributed by atoms with Gasteiger partial charge in [-0.05, 0) is 13.0 Å². The molecular weight excluding hydrogens is 325 g/mol. The largest absolute Gasteiger partial charge is 0.418 e. The lowest BCUT2D eigenvalue weighted by Crippen LogP contribution is -2.08. The Labute approximate surface area is 128 Å². The summed E-state index contributed by atoms with van der Waals surface area (Å²) in [5, 5.41) is 3.16. The maximum Gasteiger partial charge on any atom is 0.418 e. The number of thiazole rings is 1. The Morgan fingerprint density at radius 2 is 2.10 bits per heavy atom. The molecular formula is C12H12ClF3N4S. The maximum atomic E-state index is 12.7. The van der Waals surface area contributed by atoms with Crippen LogP contribution in [0.5, 0.6) is 0 Å². The average Bonchev–Trinajstić information content (AvgIpc) is 2.85. The number of nitrogens with zero attached hydrogens (tertiary/aromatic N) is 2. The Hall–Kier alpha value is -1.38. The Kier molecular flexibility index (Phi) is 4.70. The summed E-state index contributed by atoms with van der Waals surface area (Å²) in [6.07, 6.45) is -1.90. The smallest absolute Gasteiger partial charge is 0.365 e. The van der Waals surface area contributed by atoms with Crippen LogP contribution in [-0.4, -0.2) is 9.97 Å². The third-order valence-electron chi connectivity index (χ3n) is 2.57. The van der Waals surface area contributed by atoms with Gasteiger partial charge in [0.15, 0.2) is 0 Å². The van der Waals surface area contributed by atoms with Crippen molar-refractivity contribution in [3.8, 4) is 0 Å². The summed E-state index contributed by atoms with van der Waals surface area (Å²) in [6.45, 7) is 2.13. The minimum atomic E-state index is -4.51. The number of halogens is 4. The lowest BCUT2D eigenvalue weighted by Gasteiger charge is -2.11. The number of pyridine rings is 1. The number of hydrogen-bond acceptors (Lipinski definition) is 5. The third-order valence-corrected chi connectivity index (χ3v) is 4.06. The summed E-state index contributed by atoms with van der Waals surface area (Å²) in [4.78, 5) is 8.81. The van der Waals surface area contributed by atoms with Crippen LogP contribution in [-0.2, 0) is 12.7 Å². The Bertz CT molecular complexity index is 627. The van der Waals surface area contributed by atoms with E-state index in [9.17, 15) is 13.2 Å². The predicted octanol–water partition coefficient (Wildman–Crippen LogP) is 3.84.